The molecule has 92 valence electrons. The summed E-state index contributed by atoms with van der Waals surface area (Å²) in [6.45, 7) is 7.24. The number of ether oxygens (including phenoxy) is 2. The third-order valence-electron chi connectivity index (χ3n) is 2.32. The maximum atomic E-state index is 6.07. The number of hydrogen-bond acceptors (Lipinski definition) is 4. The molecule has 5 nitrogen and oxygen atoms in total. The Kier molecular flexibility index (Phi) is 4.76. The normalized spacial score (nSPS) is 13.1. The van der Waals surface area contributed by atoms with Crippen LogP contribution in [0.15, 0.2) is 6.20 Å². The van der Waals surface area contributed by atoms with Gasteiger partial charge in [0.05, 0.1) is 37.8 Å². The molecule has 0 radical (unpaired) electrons. The molecule has 0 aromatic carbocycles. The molecule has 0 spiro atoms. The fraction of sp³-hybridized carbons (Fsp3) is 0.727. The van der Waals surface area contributed by atoms with Crippen LogP contribution in [0.2, 0.25) is 0 Å². The Morgan fingerprint density at radius 1 is 1.50 bits per heavy atom. The van der Waals surface area contributed by atoms with Gasteiger partial charge in [-0.25, -0.2) is 0 Å². The number of aryl methyl sites for hydroxylation is 1. The summed E-state index contributed by atoms with van der Waals surface area (Å²) in [7, 11) is 1.62. The van der Waals surface area contributed by atoms with E-state index in [-0.39, 0.29) is 12.1 Å². The zero-order valence-corrected chi connectivity index (χ0v) is 10.4. The van der Waals surface area contributed by atoms with E-state index in [1.54, 1.807) is 13.3 Å². The van der Waals surface area contributed by atoms with Gasteiger partial charge in [-0.1, -0.05) is 0 Å². The van der Waals surface area contributed by atoms with Crippen molar-refractivity contribution in [3.8, 4) is 5.75 Å². The lowest BCUT2D eigenvalue weighted by Gasteiger charge is -2.16. The Morgan fingerprint density at radius 3 is 2.69 bits per heavy atom. The molecule has 0 bridgehead atoms. The molecule has 0 saturated carbocycles. The van der Waals surface area contributed by atoms with Crippen LogP contribution in [0.1, 0.15) is 32.5 Å². The summed E-state index contributed by atoms with van der Waals surface area (Å²) in [5.41, 5.74) is 6.97. The first kappa shape index (κ1) is 13.0. The Labute approximate surface area is 96.5 Å². The Hall–Kier alpha value is -1.07. The summed E-state index contributed by atoms with van der Waals surface area (Å²) in [6, 6.07) is -0.209. The molecule has 0 saturated heterocycles. The van der Waals surface area contributed by atoms with Crippen LogP contribution in [0.3, 0.4) is 0 Å². The molecule has 0 aliphatic carbocycles. The molecule has 1 rings (SSSR count). The Morgan fingerprint density at radius 2 is 2.19 bits per heavy atom. The van der Waals surface area contributed by atoms with Crippen LogP contribution in [0.25, 0.3) is 0 Å². The second-order valence-electron chi connectivity index (χ2n) is 3.90. The summed E-state index contributed by atoms with van der Waals surface area (Å²) < 4.78 is 12.6. The van der Waals surface area contributed by atoms with Gasteiger partial charge in [0, 0.05) is 6.54 Å². The van der Waals surface area contributed by atoms with E-state index in [1.165, 1.54) is 0 Å². The van der Waals surface area contributed by atoms with Crippen molar-refractivity contribution in [2.75, 3.05) is 13.7 Å². The van der Waals surface area contributed by atoms with Crippen LogP contribution >= 0.6 is 0 Å². The third kappa shape index (κ3) is 2.96. The lowest BCUT2D eigenvalue weighted by molar-refractivity contribution is 0.0664. The monoisotopic (exact) mass is 227 g/mol. The second kappa shape index (κ2) is 5.86. The minimum absolute atomic E-state index is 0.176. The number of rotatable bonds is 6. The van der Waals surface area contributed by atoms with Crippen LogP contribution in [-0.2, 0) is 11.3 Å². The number of nitrogens with two attached hydrogens (primary N) is 1. The minimum atomic E-state index is -0.209. The van der Waals surface area contributed by atoms with Crippen LogP contribution in [0.5, 0.6) is 5.75 Å². The summed E-state index contributed by atoms with van der Waals surface area (Å²) >= 11 is 0. The summed E-state index contributed by atoms with van der Waals surface area (Å²) in [6.07, 6.45) is 1.86. The predicted octanol–water partition coefficient (Wildman–Crippen LogP) is 1.34. The van der Waals surface area contributed by atoms with E-state index in [2.05, 4.69) is 5.10 Å². The SMILES string of the molecule is CCn1ncc(OC)c1C(N)COC(C)C. The van der Waals surface area contributed by atoms with E-state index >= 15 is 0 Å². The Balaban J connectivity index is 2.79. The minimum Gasteiger partial charge on any atom is -0.493 e. The van der Waals surface area contributed by atoms with Gasteiger partial charge in [0.25, 0.3) is 0 Å². The molecule has 1 atom stereocenters. The molecule has 0 amide bonds. The van der Waals surface area contributed by atoms with Gasteiger partial charge in [-0.15, -0.1) is 0 Å². The first-order valence-corrected chi connectivity index (χ1v) is 5.57. The molecule has 1 aromatic rings. The van der Waals surface area contributed by atoms with Crippen LogP contribution in [0.4, 0.5) is 0 Å². The van der Waals surface area contributed by atoms with Gasteiger partial charge in [0.1, 0.15) is 0 Å². The maximum absolute atomic E-state index is 6.07. The quantitative estimate of drug-likeness (QED) is 0.796. The maximum Gasteiger partial charge on any atom is 0.161 e. The summed E-state index contributed by atoms with van der Waals surface area (Å²) in [4.78, 5) is 0. The van der Waals surface area contributed by atoms with Crippen molar-refractivity contribution < 1.29 is 9.47 Å². The van der Waals surface area contributed by atoms with E-state index in [0.29, 0.717) is 6.61 Å². The first-order chi connectivity index (χ1) is 7.60. The molecule has 0 aliphatic rings. The van der Waals surface area contributed by atoms with Gasteiger partial charge in [0.15, 0.2) is 5.75 Å². The highest BCUT2D eigenvalue weighted by atomic mass is 16.5. The molecule has 16 heavy (non-hydrogen) atoms. The fourth-order valence-electron chi connectivity index (χ4n) is 1.54. The zero-order valence-electron chi connectivity index (χ0n) is 10.4. The van der Waals surface area contributed by atoms with Gasteiger partial charge >= 0.3 is 0 Å². The lowest BCUT2D eigenvalue weighted by atomic mass is 10.2. The number of aromatic nitrogens is 2. The number of methoxy groups -OCH3 is 1. The van der Waals surface area contributed by atoms with E-state index in [1.807, 2.05) is 25.5 Å². The van der Waals surface area contributed by atoms with Gasteiger partial charge < -0.3 is 15.2 Å². The van der Waals surface area contributed by atoms with Crippen molar-refractivity contribution in [3.63, 3.8) is 0 Å². The third-order valence-corrected chi connectivity index (χ3v) is 2.32. The topological polar surface area (TPSA) is 62.3 Å². The van der Waals surface area contributed by atoms with Crippen molar-refractivity contribution in [1.82, 2.24) is 9.78 Å². The van der Waals surface area contributed by atoms with Gasteiger partial charge in [-0.3, -0.25) is 4.68 Å². The average Bonchev–Trinajstić information content (AvgIpc) is 2.68. The first-order valence-electron chi connectivity index (χ1n) is 5.57. The molecule has 0 aliphatic heterocycles. The molecular weight excluding hydrogens is 206 g/mol. The fourth-order valence-corrected chi connectivity index (χ4v) is 1.54. The van der Waals surface area contributed by atoms with E-state index < -0.39 is 0 Å². The van der Waals surface area contributed by atoms with Crippen LogP contribution < -0.4 is 10.5 Å². The van der Waals surface area contributed by atoms with Crippen molar-refractivity contribution in [1.29, 1.82) is 0 Å². The van der Waals surface area contributed by atoms with Gasteiger partial charge in [0.2, 0.25) is 0 Å². The molecular formula is C11H21N3O2. The van der Waals surface area contributed by atoms with Gasteiger partial charge in [-0.05, 0) is 20.8 Å². The molecule has 0 fully saturated rings. The second-order valence-corrected chi connectivity index (χ2v) is 3.90. The standard InChI is InChI=1S/C11H21N3O2/c1-5-14-11(10(15-4)6-13-14)9(12)7-16-8(2)3/h6,8-9H,5,7,12H2,1-4H3. The number of nitrogens with zero attached hydrogens (tertiary/aromatic N) is 2. The Bertz CT molecular complexity index is 302. The van der Waals surface area contributed by atoms with E-state index in [4.69, 9.17) is 15.2 Å². The van der Waals surface area contributed by atoms with Crippen molar-refractivity contribution in [2.24, 2.45) is 5.73 Å². The summed E-state index contributed by atoms with van der Waals surface area (Å²) in [5.74, 6) is 0.724. The summed E-state index contributed by atoms with van der Waals surface area (Å²) in [5, 5.41) is 4.21. The van der Waals surface area contributed by atoms with E-state index in [0.717, 1.165) is 18.0 Å². The molecule has 1 heterocycles. The van der Waals surface area contributed by atoms with Crippen molar-refractivity contribution in [3.05, 3.63) is 11.9 Å². The molecule has 2 N–H and O–H groups in total. The van der Waals surface area contributed by atoms with Crippen molar-refractivity contribution >= 4 is 0 Å². The smallest absolute Gasteiger partial charge is 0.161 e. The predicted molar refractivity (Wildman–Crippen MR) is 62.5 cm³/mol. The lowest BCUT2D eigenvalue weighted by Crippen LogP contribution is -2.23. The molecule has 1 unspecified atom stereocenters. The highest BCUT2D eigenvalue weighted by molar-refractivity contribution is 5.28. The molecule has 1 aromatic heterocycles. The van der Waals surface area contributed by atoms with E-state index in [9.17, 15) is 0 Å². The van der Waals surface area contributed by atoms with Crippen molar-refractivity contribution in [2.45, 2.75) is 39.5 Å². The van der Waals surface area contributed by atoms with Gasteiger partial charge in [-0.2, -0.15) is 5.10 Å². The number of hydrogen-bond donors (Lipinski definition) is 1. The molecule has 5 heteroatoms. The largest absolute Gasteiger partial charge is 0.493 e. The zero-order chi connectivity index (χ0) is 12.1. The highest BCUT2D eigenvalue weighted by Gasteiger charge is 2.18. The van der Waals surface area contributed by atoms with Crippen LogP contribution in [0, 0.1) is 0 Å². The van der Waals surface area contributed by atoms with Crippen LogP contribution in [-0.4, -0.2) is 29.6 Å². The average molecular weight is 227 g/mol. The highest BCUT2D eigenvalue weighted by Crippen LogP contribution is 2.23.